The van der Waals surface area contributed by atoms with Crippen LogP contribution in [0.25, 0.3) is 0 Å². The van der Waals surface area contributed by atoms with Gasteiger partial charge in [0.1, 0.15) is 0 Å². The van der Waals surface area contributed by atoms with E-state index in [1.807, 2.05) is 36.5 Å². The molecule has 31 heavy (non-hydrogen) atoms. The van der Waals surface area contributed by atoms with Gasteiger partial charge in [-0.1, -0.05) is 18.2 Å². The molecule has 0 aliphatic carbocycles. The van der Waals surface area contributed by atoms with Crippen LogP contribution in [-0.4, -0.2) is 20.7 Å². The molecule has 1 aliphatic rings. The third-order valence-corrected chi connectivity index (χ3v) is 5.04. The minimum atomic E-state index is -0.766. The molecule has 0 radical (unpaired) electrons. The molecule has 10 nitrogen and oxygen atoms in total. The highest BCUT2D eigenvalue weighted by molar-refractivity contribution is 5.95. The second-order valence-corrected chi connectivity index (χ2v) is 7.11. The molecule has 0 fully saturated rings. The highest BCUT2D eigenvalue weighted by Crippen LogP contribution is 2.28. The molecule has 1 amide bonds. The van der Waals surface area contributed by atoms with E-state index in [9.17, 15) is 25.0 Å². The van der Waals surface area contributed by atoms with Gasteiger partial charge in [-0.2, -0.15) is 0 Å². The van der Waals surface area contributed by atoms with Gasteiger partial charge in [0.15, 0.2) is 0 Å². The lowest BCUT2D eigenvalue weighted by molar-refractivity contribution is -0.394. The van der Waals surface area contributed by atoms with Crippen LogP contribution in [0.5, 0.6) is 0 Å². The summed E-state index contributed by atoms with van der Waals surface area (Å²) in [6.07, 6.45) is 3.54. The Balaban J connectivity index is 1.46. The van der Waals surface area contributed by atoms with Crippen LogP contribution < -0.4 is 10.2 Å². The molecule has 2 heterocycles. The number of carbonyl (C=O) groups is 1. The Labute approximate surface area is 176 Å². The van der Waals surface area contributed by atoms with Crippen molar-refractivity contribution in [3.8, 4) is 0 Å². The maximum Gasteiger partial charge on any atom is 0.277 e. The summed E-state index contributed by atoms with van der Waals surface area (Å²) in [5.74, 6) is -0.621. The number of nitro groups is 2. The summed E-state index contributed by atoms with van der Waals surface area (Å²) >= 11 is 0. The SMILES string of the molecule is O=C(NCc1ccc2c(c1)CN(c1cccnc1)C2)c1cc([N+](=O)[O-])cc([N+](=O)[O-])c1. The number of amides is 1. The van der Waals surface area contributed by atoms with Gasteiger partial charge in [0, 0.05) is 38.0 Å². The highest BCUT2D eigenvalue weighted by Gasteiger charge is 2.21. The second kappa shape index (κ2) is 8.19. The first-order valence-corrected chi connectivity index (χ1v) is 9.38. The standard InChI is InChI=1S/C21H17N5O5/c27-21(16-7-19(25(28)29)9-20(8-16)26(30)31)23-10-14-3-4-15-12-24(13-17(15)6-14)18-2-1-5-22-11-18/h1-9,11H,10,12-13H2,(H,23,27). The van der Waals surface area contributed by atoms with Crippen LogP contribution in [-0.2, 0) is 19.6 Å². The number of pyridine rings is 1. The highest BCUT2D eigenvalue weighted by atomic mass is 16.6. The predicted octanol–water partition coefficient (Wildman–Crippen LogP) is 3.35. The van der Waals surface area contributed by atoms with Gasteiger partial charge in [0.2, 0.25) is 0 Å². The molecule has 0 atom stereocenters. The number of anilines is 1. The Morgan fingerprint density at radius 2 is 1.71 bits per heavy atom. The van der Waals surface area contributed by atoms with E-state index in [1.54, 1.807) is 6.20 Å². The van der Waals surface area contributed by atoms with E-state index in [0.29, 0.717) is 0 Å². The lowest BCUT2D eigenvalue weighted by atomic mass is 10.1. The van der Waals surface area contributed by atoms with Crippen LogP contribution in [0.4, 0.5) is 17.1 Å². The van der Waals surface area contributed by atoms with Crippen molar-refractivity contribution in [1.29, 1.82) is 0 Å². The maximum atomic E-state index is 12.5. The summed E-state index contributed by atoms with van der Waals surface area (Å²) in [7, 11) is 0. The van der Waals surface area contributed by atoms with Crippen LogP contribution in [0.1, 0.15) is 27.0 Å². The number of rotatable bonds is 6. The van der Waals surface area contributed by atoms with Crippen molar-refractivity contribution in [1.82, 2.24) is 10.3 Å². The molecule has 4 rings (SSSR count). The van der Waals surface area contributed by atoms with E-state index in [0.717, 1.165) is 48.1 Å². The number of non-ortho nitro benzene ring substituents is 2. The van der Waals surface area contributed by atoms with E-state index >= 15 is 0 Å². The van der Waals surface area contributed by atoms with Crippen molar-refractivity contribution in [2.45, 2.75) is 19.6 Å². The summed E-state index contributed by atoms with van der Waals surface area (Å²) in [5, 5.41) is 24.7. The maximum absolute atomic E-state index is 12.5. The Kier molecular flexibility index (Phi) is 5.27. The number of hydrogen-bond acceptors (Lipinski definition) is 7. The molecule has 0 unspecified atom stereocenters. The molecule has 1 aromatic heterocycles. The number of fused-ring (bicyclic) bond motifs is 1. The molecule has 10 heteroatoms. The molecule has 1 N–H and O–H groups in total. The smallest absolute Gasteiger partial charge is 0.277 e. The average molecular weight is 419 g/mol. The van der Waals surface area contributed by atoms with Gasteiger partial charge in [-0.3, -0.25) is 30.0 Å². The zero-order chi connectivity index (χ0) is 22.0. The Morgan fingerprint density at radius 3 is 2.35 bits per heavy atom. The molecule has 3 aromatic rings. The number of aromatic nitrogens is 1. The van der Waals surface area contributed by atoms with Gasteiger partial charge >= 0.3 is 0 Å². The van der Waals surface area contributed by atoms with Gasteiger partial charge in [0.05, 0.1) is 33.4 Å². The summed E-state index contributed by atoms with van der Waals surface area (Å²) in [6, 6.07) is 12.7. The van der Waals surface area contributed by atoms with E-state index in [1.165, 1.54) is 5.56 Å². The third-order valence-electron chi connectivity index (χ3n) is 5.04. The van der Waals surface area contributed by atoms with E-state index < -0.39 is 27.1 Å². The second-order valence-electron chi connectivity index (χ2n) is 7.11. The lowest BCUT2D eigenvalue weighted by Crippen LogP contribution is -2.23. The Bertz CT molecular complexity index is 1150. The van der Waals surface area contributed by atoms with Crippen molar-refractivity contribution in [2.24, 2.45) is 0 Å². The predicted molar refractivity (Wildman–Crippen MR) is 111 cm³/mol. The van der Waals surface area contributed by atoms with Crippen molar-refractivity contribution in [3.63, 3.8) is 0 Å². The third kappa shape index (κ3) is 4.32. The van der Waals surface area contributed by atoms with Gasteiger partial charge in [-0.25, -0.2) is 0 Å². The van der Waals surface area contributed by atoms with Crippen LogP contribution in [0.15, 0.2) is 60.9 Å². The fraction of sp³-hybridized carbons (Fsp3) is 0.143. The Morgan fingerprint density at radius 1 is 1.00 bits per heavy atom. The first kappa shape index (κ1) is 20.0. The van der Waals surface area contributed by atoms with E-state index in [4.69, 9.17) is 0 Å². The van der Waals surface area contributed by atoms with Gasteiger partial charge in [-0.05, 0) is 28.8 Å². The number of nitrogens with one attached hydrogen (secondary N) is 1. The molecule has 1 aliphatic heterocycles. The minimum Gasteiger partial charge on any atom is -0.362 e. The monoisotopic (exact) mass is 419 g/mol. The number of carbonyl (C=O) groups excluding carboxylic acids is 1. The minimum absolute atomic E-state index is 0.134. The first-order chi connectivity index (χ1) is 14.9. The van der Waals surface area contributed by atoms with E-state index in [2.05, 4.69) is 15.2 Å². The molecule has 0 saturated carbocycles. The van der Waals surface area contributed by atoms with Gasteiger partial charge in [-0.15, -0.1) is 0 Å². The number of benzene rings is 2. The zero-order valence-corrected chi connectivity index (χ0v) is 16.2. The van der Waals surface area contributed by atoms with Gasteiger partial charge in [0.25, 0.3) is 17.3 Å². The lowest BCUT2D eigenvalue weighted by Gasteiger charge is -2.16. The zero-order valence-electron chi connectivity index (χ0n) is 16.2. The van der Waals surface area contributed by atoms with Crippen molar-refractivity contribution in [2.75, 3.05) is 4.90 Å². The quantitative estimate of drug-likeness (QED) is 0.479. The van der Waals surface area contributed by atoms with Crippen molar-refractivity contribution >= 4 is 23.0 Å². The fourth-order valence-corrected chi connectivity index (χ4v) is 3.50. The molecule has 0 bridgehead atoms. The van der Waals surface area contributed by atoms with Crippen LogP contribution in [0.2, 0.25) is 0 Å². The van der Waals surface area contributed by atoms with E-state index in [-0.39, 0.29) is 12.1 Å². The summed E-state index contributed by atoms with van der Waals surface area (Å²) in [5.41, 5.74) is 3.07. The van der Waals surface area contributed by atoms with Crippen LogP contribution in [0.3, 0.4) is 0 Å². The molecule has 0 saturated heterocycles. The summed E-state index contributed by atoms with van der Waals surface area (Å²) in [4.78, 5) is 39.3. The van der Waals surface area contributed by atoms with Crippen molar-refractivity contribution in [3.05, 3.63) is 103 Å². The summed E-state index contributed by atoms with van der Waals surface area (Å²) < 4.78 is 0. The largest absolute Gasteiger partial charge is 0.362 e. The topological polar surface area (TPSA) is 132 Å². The molecule has 0 spiro atoms. The van der Waals surface area contributed by atoms with Crippen LogP contribution in [0, 0.1) is 20.2 Å². The Hall–Kier alpha value is -4.34. The fourth-order valence-electron chi connectivity index (χ4n) is 3.50. The number of nitro benzene ring substituents is 2. The summed E-state index contributed by atoms with van der Waals surface area (Å²) in [6.45, 7) is 1.68. The number of hydrogen-bond donors (Lipinski definition) is 1. The molecule has 156 valence electrons. The van der Waals surface area contributed by atoms with Gasteiger partial charge < -0.3 is 10.2 Å². The molecular formula is C21H17N5O5. The first-order valence-electron chi connectivity index (χ1n) is 9.38. The average Bonchev–Trinajstić information content (AvgIpc) is 3.21. The van der Waals surface area contributed by atoms with Crippen LogP contribution >= 0.6 is 0 Å². The molecule has 2 aromatic carbocycles. The number of nitrogens with zero attached hydrogens (tertiary/aromatic N) is 4. The van der Waals surface area contributed by atoms with Crippen molar-refractivity contribution < 1.29 is 14.6 Å². The molecular weight excluding hydrogens is 402 g/mol. The normalized spacial score (nSPS) is 12.3.